The van der Waals surface area contributed by atoms with E-state index in [1.54, 1.807) is 19.2 Å². The van der Waals surface area contributed by atoms with Gasteiger partial charge in [-0.05, 0) is 26.1 Å². The quantitative estimate of drug-likeness (QED) is 0.916. The van der Waals surface area contributed by atoms with Crippen LogP contribution in [0.2, 0.25) is 0 Å². The zero-order valence-electron chi connectivity index (χ0n) is 9.44. The summed E-state index contributed by atoms with van der Waals surface area (Å²) in [6.07, 6.45) is -4.33. The first-order chi connectivity index (χ1) is 7.83. The molecule has 0 saturated heterocycles. The van der Waals surface area contributed by atoms with Crippen molar-refractivity contribution in [2.45, 2.75) is 19.1 Å². The molecule has 17 heavy (non-hydrogen) atoms. The van der Waals surface area contributed by atoms with Crippen LogP contribution in [0.15, 0.2) is 22.7 Å². The van der Waals surface area contributed by atoms with Crippen molar-refractivity contribution in [3.63, 3.8) is 0 Å². The van der Waals surface area contributed by atoms with Crippen LogP contribution in [0.3, 0.4) is 0 Å². The van der Waals surface area contributed by atoms with Crippen LogP contribution in [0.5, 0.6) is 5.75 Å². The van der Waals surface area contributed by atoms with Crippen molar-refractivity contribution < 1.29 is 17.9 Å². The topological polar surface area (TPSA) is 21.3 Å². The number of nitrogens with one attached hydrogen (secondary N) is 1. The highest BCUT2D eigenvalue weighted by atomic mass is 79.9. The summed E-state index contributed by atoms with van der Waals surface area (Å²) in [7, 11) is 1.74. The largest absolute Gasteiger partial charge is 0.484 e. The third kappa shape index (κ3) is 4.55. The van der Waals surface area contributed by atoms with Crippen LogP contribution in [-0.2, 0) is 0 Å². The fourth-order valence-corrected chi connectivity index (χ4v) is 1.65. The van der Waals surface area contributed by atoms with Crippen molar-refractivity contribution >= 4 is 15.9 Å². The Balaban J connectivity index is 2.91. The Morgan fingerprint density at radius 1 is 1.41 bits per heavy atom. The Morgan fingerprint density at radius 3 is 2.59 bits per heavy atom. The van der Waals surface area contributed by atoms with Gasteiger partial charge in [-0.1, -0.05) is 22.0 Å². The molecular weight excluding hydrogens is 299 g/mol. The highest BCUT2D eigenvalue weighted by molar-refractivity contribution is 9.10. The number of ether oxygens (including phenoxy) is 1. The Labute approximate surface area is 106 Å². The molecule has 0 aliphatic heterocycles. The predicted molar refractivity (Wildman–Crippen MR) is 63.2 cm³/mol. The van der Waals surface area contributed by atoms with Gasteiger partial charge in [0.05, 0.1) is 0 Å². The molecule has 0 radical (unpaired) electrons. The molecule has 96 valence electrons. The molecule has 0 aliphatic carbocycles. The number of halogens is 4. The molecule has 1 unspecified atom stereocenters. The molecule has 0 amide bonds. The van der Waals surface area contributed by atoms with E-state index < -0.39 is 12.8 Å². The summed E-state index contributed by atoms with van der Waals surface area (Å²) in [5.41, 5.74) is 0.694. The zero-order chi connectivity index (χ0) is 13.1. The lowest BCUT2D eigenvalue weighted by molar-refractivity contribution is -0.153. The van der Waals surface area contributed by atoms with E-state index in [9.17, 15) is 13.2 Å². The zero-order valence-corrected chi connectivity index (χ0v) is 11.0. The van der Waals surface area contributed by atoms with Crippen molar-refractivity contribution in [1.29, 1.82) is 0 Å². The second-order valence-electron chi connectivity index (χ2n) is 3.60. The summed E-state index contributed by atoms with van der Waals surface area (Å²) in [6.45, 7) is 0.566. The summed E-state index contributed by atoms with van der Waals surface area (Å²) in [4.78, 5) is 0. The monoisotopic (exact) mass is 311 g/mol. The van der Waals surface area contributed by atoms with Crippen molar-refractivity contribution in [3.8, 4) is 5.75 Å². The number of alkyl halides is 3. The van der Waals surface area contributed by atoms with E-state index >= 15 is 0 Å². The minimum absolute atomic E-state index is 0.0775. The summed E-state index contributed by atoms with van der Waals surface area (Å²) in [5, 5.41) is 2.96. The van der Waals surface area contributed by atoms with E-state index in [-0.39, 0.29) is 11.8 Å². The minimum Gasteiger partial charge on any atom is -0.484 e. The SMILES string of the molecule is CNC(C)c1ccc(Br)cc1OCC(F)(F)F. The summed E-state index contributed by atoms with van der Waals surface area (Å²) in [5.74, 6) is 0.235. The van der Waals surface area contributed by atoms with Gasteiger partial charge in [-0.2, -0.15) is 13.2 Å². The van der Waals surface area contributed by atoms with Gasteiger partial charge >= 0.3 is 6.18 Å². The summed E-state index contributed by atoms with van der Waals surface area (Å²) in [6, 6.07) is 4.96. The fraction of sp³-hybridized carbons (Fsp3) is 0.455. The van der Waals surface area contributed by atoms with Gasteiger partial charge in [-0.3, -0.25) is 0 Å². The van der Waals surface area contributed by atoms with Gasteiger partial charge in [0.1, 0.15) is 5.75 Å². The Morgan fingerprint density at radius 2 is 2.06 bits per heavy atom. The van der Waals surface area contributed by atoms with Gasteiger partial charge in [0.25, 0.3) is 0 Å². The first-order valence-electron chi connectivity index (χ1n) is 5.00. The molecule has 0 fully saturated rings. The van der Waals surface area contributed by atoms with Gasteiger partial charge in [0, 0.05) is 16.1 Å². The van der Waals surface area contributed by atoms with E-state index in [0.717, 1.165) is 0 Å². The molecule has 0 saturated carbocycles. The molecule has 1 N–H and O–H groups in total. The van der Waals surface area contributed by atoms with Gasteiger partial charge < -0.3 is 10.1 Å². The van der Waals surface area contributed by atoms with E-state index in [0.29, 0.717) is 10.0 Å². The highest BCUT2D eigenvalue weighted by Crippen LogP contribution is 2.29. The first kappa shape index (κ1) is 14.3. The van der Waals surface area contributed by atoms with Crippen LogP contribution in [0, 0.1) is 0 Å². The maximum absolute atomic E-state index is 12.1. The van der Waals surface area contributed by atoms with Gasteiger partial charge in [-0.15, -0.1) is 0 Å². The molecule has 0 bridgehead atoms. The molecular formula is C11H13BrF3NO. The second-order valence-corrected chi connectivity index (χ2v) is 4.51. The normalized spacial score (nSPS) is 13.5. The molecule has 6 heteroatoms. The Hall–Kier alpha value is -0.750. The lowest BCUT2D eigenvalue weighted by atomic mass is 10.1. The number of benzene rings is 1. The van der Waals surface area contributed by atoms with Crippen LogP contribution in [0.1, 0.15) is 18.5 Å². The molecule has 0 aliphatic rings. The molecule has 1 atom stereocenters. The van der Waals surface area contributed by atoms with E-state index in [1.165, 1.54) is 6.07 Å². The third-order valence-electron chi connectivity index (χ3n) is 2.27. The molecule has 0 aromatic heterocycles. The van der Waals surface area contributed by atoms with Crippen molar-refractivity contribution in [2.24, 2.45) is 0 Å². The van der Waals surface area contributed by atoms with Gasteiger partial charge in [0.2, 0.25) is 0 Å². The van der Waals surface area contributed by atoms with Gasteiger partial charge in [-0.25, -0.2) is 0 Å². The third-order valence-corrected chi connectivity index (χ3v) is 2.76. The van der Waals surface area contributed by atoms with E-state index in [4.69, 9.17) is 4.74 Å². The lowest BCUT2D eigenvalue weighted by Gasteiger charge is -2.17. The van der Waals surface area contributed by atoms with Crippen LogP contribution in [0.25, 0.3) is 0 Å². The predicted octanol–water partition coefficient (Wildman–Crippen LogP) is 3.67. The molecule has 0 heterocycles. The number of rotatable bonds is 4. The molecule has 1 rings (SSSR count). The smallest absolute Gasteiger partial charge is 0.422 e. The van der Waals surface area contributed by atoms with Crippen molar-refractivity contribution in [2.75, 3.05) is 13.7 Å². The van der Waals surface area contributed by atoms with E-state index in [2.05, 4.69) is 21.2 Å². The van der Waals surface area contributed by atoms with Crippen LogP contribution < -0.4 is 10.1 Å². The van der Waals surface area contributed by atoms with Gasteiger partial charge in [0.15, 0.2) is 6.61 Å². The van der Waals surface area contributed by atoms with Crippen molar-refractivity contribution in [1.82, 2.24) is 5.32 Å². The maximum atomic E-state index is 12.1. The molecule has 0 spiro atoms. The van der Waals surface area contributed by atoms with Crippen molar-refractivity contribution in [3.05, 3.63) is 28.2 Å². The molecule has 1 aromatic rings. The number of hydrogen-bond acceptors (Lipinski definition) is 2. The Bertz CT molecular complexity index is 381. The first-order valence-corrected chi connectivity index (χ1v) is 5.79. The van der Waals surface area contributed by atoms with Crippen LogP contribution >= 0.6 is 15.9 Å². The number of hydrogen-bond donors (Lipinski definition) is 1. The average molecular weight is 312 g/mol. The second kappa shape index (κ2) is 5.73. The van der Waals surface area contributed by atoms with E-state index in [1.807, 2.05) is 6.92 Å². The average Bonchev–Trinajstić information content (AvgIpc) is 2.24. The molecule has 1 aromatic carbocycles. The lowest BCUT2D eigenvalue weighted by Crippen LogP contribution is -2.21. The molecule has 2 nitrogen and oxygen atoms in total. The fourth-order valence-electron chi connectivity index (χ4n) is 1.31. The highest BCUT2D eigenvalue weighted by Gasteiger charge is 2.29. The maximum Gasteiger partial charge on any atom is 0.422 e. The summed E-state index contributed by atoms with van der Waals surface area (Å²) < 4.78 is 41.8. The summed E-state index contributed by atoms with van der Waals surface area (Å²) >= 11 is 3.21. The Kier molecular flexibility index (Phi) is 4.82. The standard InChI is InChI=1S/C11H13BrF3NO/c1-7(16-2)9-4-3-8(12)5-10(9)17-6-11(13,14)15/h3-5,7,16H,6H2,1-2H3. The minimum atomic E-state index is -4.33. The van der Waals surface area contributed by atoms with Crippen LogP contribution in [0.4, 0.5) is 13.2 Å². The van der Waals surface area contributed by atoms with Crippen LogP contribution in [-0.4, -0.2) is 19.8 Å².